The van der Waals surface area contributed by atoms with Gasteiger partial charge >= 0.3 is 0 Å². The van der Waals surface area contributed by atoms with Crippen molar-refractivity contribution in [1.82, 2.24) is 0 Å². The first-order valence-corrected chi connectivity index (χ1v) is 9.88. The first-order chi connectivity index (χ1) is 12.5. The summed E-state index contributed by atoms with van der Waals surface area (Å²) >= 11 is 0. The Labute approximate surface area is 152 Å². The number of hydrogen-bond acceptors (Lipinski definition) is 4. The smallest absolute Gasteiger partial charge is 0.258 e. The molecule has 6 heteroatoms. The van der Waals surface area contributed by atoms with E-state index in [0.29, 0.717) is 11.3 Å². The predicted molar refractivity (Wildman–Crippen MR) is 99.8 cm³/mol. The van der Waals surface area contributed by atoms with Gasteiger partial charge in [0, 0.05) is 11.3 Å². The van der Waals surface area contributed by atoms with E-state index in [9.17, 15) is 13.2 Å². The van der Waals surface area contributed by atoms with Gasteiger partial charge in [-0.05, 0) is 48.5 Å². The molecule has 0 aliphatic rings. The van der Waals surface area contributed by atoms with Gasteiger partial charge in [0.25, 0.3) is 5.91 Å². The maximum atomic E-state index is 13.0. The second-order valence-corrected chi connectivity index (χ2v) is 8.01. The summed E-state index contributed by atoms with van der Waals surface area (Å²) in [6.07, 6.45) is 1.56. The van der Waals surface area contributed by atoms with E-state index in [4.69, 9.17) is 4.42 Å². The summed E-state index contributed by atoms with van der Waals surface area (Å²) in [6.45, 7) is 1.87. The number of rotatable bonds is 6. The van der Waals surface area contributed by atoms with Gasteiger partial charge in [-0.25, -0.2) is 8.42 Å². The van der Waals surface area contributed by atoms with Gasteiger partial charge in [0.15, 0.2) is 9.84 Å². The van der Waals surface area contributed by atoms with Crippen molar-refractivity contribution in [2.45, 2.75) is 18.4 Å². The van der Waals surface area contributed by atoms with Crippen molar-refractivity contribution in [3.8, 4) is 0 Å². The molecule has 1 heterocycles. The molecule has 134 valence electrons. The van der Waals surface area contributed by atoms with Crippen LogP contribution in [0.2, 0.25) is 0 Å². The number of nitrogens with zero attached hydrogens (tertiary/aromatic N) is 1. The van der Waals surface area contributed by atoms with Gasteiger partial charge in [0.1, 0.15) is 5.76 Å². The Balaban J connectivity index is 1.92. The quantitative estimate of drug-likeness (QED) is 0.660. The van der Waals surface area contributed by atoms with E-state index in [1.165, 1.54) is 12.1 Å². The summed E-state index contributed by atoms with van der Waals surface area (Å²) in [4.78, 5) is 14.9. The van der Waals surface area contributed by atoms with Crippen molar-refractivity contribution in [3.63, 3.8) is 0 Å². The minimum atomic E-state index is -3.29. The lowest BCUT2D eigenvalue weighted by Gasteiger charge is -2.22. The standard InChI is InChI=1S/C20H19NO4S/c1-2-26(23,24)19-12-10-16(11-13-19)20(22)21(15-18-9-6-14-25-18)17-7-4-3-5-8-17/h3-14H,2,15H2,1H3. The molecule has 0 atom stereocenters. The second-order valence-electron chi connectivity index (χ2n) is 5.73. The van der Waals surface area contributed by atoms with Crippen LogP contribution in [0.1, 0.15) is 23.0 Å². The van der Waals surface area contributed by atoms with Crippen LogP contribution in [-0.2, 0) is 16.4 Å². The molecule has 3 aromatic rings. The summed E-state index contributed by atoms with van der Waals surface area (Å²) in [5.41, 5.74) is 1.15. The number of carbonyl (C=O) groups excluding carboxylic acids is 1. The molecule has 0 N–H and O–H groups in total. The number of furan rings is 1. The monoisotopic (exact) mass is 369 g/mol. The highest BCUT2D eigenvalue weighted by atomic mass is 32.2. The van der Waals surface area contributed by atoms with Crippen LogP contribution in [0.4, 0.5) is 5.69 Å². The number of para-hydroxylation sites is 1. The minimum absolute atomic E-state index is 0.0227. The van der Waals surface area contributed by atoms with Crippen molar-refractivity contribution in [1.29, 1.82) is 0 Å². The average molecular weight is 369 g/mol. The number of carbonyl (C=O) groups is 1. The van der Waals surface area contributed by atoms with Gasteiger partial charge in [-0.1, -0.05) is 25.1 Å². The summed E-state index contributed by atoms with van der Waals surface area (Å²) in [5, 5.41) is 0. The number of sulfone groups is 1. The maximum Gasteiger partial charge on any atom is 0.258 e. The van der Waals surface area contributed by atoms with Gasteiger partial charge in [-0.3, -0.25) is 4.79 Å². The Hall–Kier alpha value is -2.86. The molecule has 0 aliphatic heterocycles. The number of amides is 1. The lowest BCUT2D eigenvalue weighted by molar-refractivity contribution is 0.0983. The van der Waals surface area contributed by atoms with E-state index in [-0.39, 0.29) is 23.1 Å². The van der Waals surface area contributed by atoms with Crippen molar-refractivity contribution >= 4 is 21.4 Å². The van der Waals surface area contributed by atoms with Crippen molar-refractivity contribution in [2.75, 3.05) is 10.7 Å². The Morgan fingerprint density at radius 1 is 0.962 bits per heavy atom. The summed E-state index contributed by atoms with van der Waals surface area (Å²) in [5.74, 6) is 0.454. The molecular formula is C20H19NO4S. The molecule has 0 aliphatic carbocycles. The molecule has 1 aromatic heterocycles. The molecular weight excluding hydrogens is 350 g/mol. The van der Waals surface area contributed by atoms with Gasteiger partial charge in [0.2, 0.25) is 0 Å². The van der Waals surface area contributed by atoms with E-state index in [2.05, 4.69) is 0 Å². The van der Waals surface area contributed by atoms with Gasteiger partial charge in [0.05, 0.1) is 23.5 Å². The number of anilines is 1. The molecule has 2 aromatic carbocycles. The van der Waals surface area contributed by atoms with Crippen LogP contribution in [-0.4, -0.2) is 20.1 Å². The van der Waals surface area contributed by atoms with Crippen LogP contribution >= 0.6 is 0 Å². The van der Waals surface area contributed by atoms with E-state index >= 15 is 0 Å². The normalized spacial score (nSPS) is 11.3. The minimum Gasteiger partial charge on any atom is -0.467 e. The van der Waals surface area contributed by atoms with Crippen molar-refractivity contribution in [2.24, 2.45) is 0 Å². The first kappa shape index (κ1) is 17.9. The van der Waals surface area contributed by atoms with Crippen LogP contribution in [0.5, 0.6) is 0 Å². The zero-order valence-electron chi connectivity index (χ0n) is 14.3. The van der Waals surface area contributed by atoms with Crippen LogP contribution < -0.4 is 4.90 Å². The van der Waals surface area contributed by atoms with E-state index < -0.39 is 9.84 Å². The molecule has 1 amide bonds. The number of benzene rings is 2. The molecule has 5 nitrogen and oxygen atoms in total. The molecule has 0 spiro atoms. The van der Waals surface area contributed by atoms with Crippen LogP contribution in [0.15, 0.2) is 82.3 Å². The third kappa shape index (κ3) is 3.86. The molecule has 0 unspecified atom stereocenters. The Morgan fingerprint density at radius 3 is 2.23 bits per heavy atom. The highest BCUT2D eigenvalue weighted by Gasteiger charge is 2.20. The van der Waals surface area contributed by atoms with Gasteiger partial charge in [-0.2, -0.15) is 0 Å². The lowest BCUT2D eigenvalue weighted by Crippen LogP contribution is -2.30. The Morgan fingerprint density at radius 2 is 1.65 bits per heavy atom. The lowest BCUT2D eigenvalue weighted by atomic mass is 10.1. The summed E-state index contributed by atoms with van der Waals surface area (Å²) < 4.78 is 29.3. The predicted octanol–water partition coefficient (Wildman–Crippen LogP) is 3.92. The third-order valence-electron chi connectivity index (χ3n) is 4.05. The highest BCUT2D eigenvalue weighted by molar-refractivity contribution is 7.91. The second kappa shape index (κ2) is 7.58. The van der Waals surface area contributed by atoms with Crippen molar-refractivity contribution < 1.29 is 17.6 Å². The van der Waals surface area contributed by atoms with Crippen molar-refractivity contribution in [3.05, 3.63) is 84.3 Å². The fourth-order valence-corrected chi connectivity index (χ4v) is 3.46. The topological polar surface area (TPSA) is 67.6 Å². The highest BCUT2D eigenvalue weighted by Crippen LogP contribution is 2.21. The molecule has 0 saturated heterocycles. The van der Waals surface area contributed by atoms with E-state index in [1.807, 2.05) is 30.3 Å². The molecule has 0 saturated carbocycles. The molecule has 26 heavy (non-hydrogen) atoms. The van der Waals surface area contributed by atoms with Gasteiger partial charge < -0.3 is 9.32 Å². The third-order valence-corrected chi connectivity index (χ3v) is 5.80. The molecule has 0 fully saturated rings. The Bertz CT molecular complexity index is 962. The SMILES string of the molecule is CCS(=O)(=O)c1ccc(C(=O)N(Cc2ccco2)c2ccccc2)cc1. The van der Waals surface area contributed by atoms with Gasteiger partial charge in [-0.15, -0.1) is 0 Å². The largest absolute Gasteiger partial charge is 0.467 e. The first-order valence-electron chi connectivity index (χ1n) is 8.23. The summed E-state index contributed by atoms with van der Waals surface area (Å²) in [6, 6.07) is 18.9. The van der Waals surface area contributed by atoms with Crippen LogP contribution in [0, 0.1) is 0 Å². The number of hydrogen-bond donors (Lipinski definition) is 0. The zero-order chi connectivity index (χ0) is 18.6. The molecule has 3 rings (SSSR count). The van der Waals surface area contributed by atoms with Crippen LogP contribution in [0.3, 0.4) is 0 Å². The fraction of sp³-hybridized carbons (Fsp3) is 0.150. The molecule has 0 radical (unpaired) electrons. The average Bonchev–Trinajstić information content (AvgIpc) is 3.19. The van der Waals surface area contributed by atoms with E-state index in [0.717, 1.165) is 5.69 Å². The Kier molecular flexibility index (Phi) is 5.23. The maximum absolute atomic E-state index is 13.0. The van der Waals surface area contributed by atoms with E-state index in [1.54, 1.807) is 42.4 Å². The molecule has 0 bridgehead atoms. The summed E-state index contributed by atoms with van der Waals surface area (Å²) in [7, 11) is -3.29. The van der Waals surface area contributed by atoms with Crippen LogP contribution in [0.25, 0.3) is 0 Å². The fourth-order valence-electron chi connectivity index (χ4n) is 2.57. The zero-order valence-corrected chi connectivity index (χ0v) is 15.1.